The van der Waals surface area contributed by atoms with Crippen LogP contribution in [0.4, 0.5) is 0 Å². The molecule has 1 N–H and O–H groups in total. The van der Waals surface area contributed by atoms with Crippen LogP contribution in [0.2, 0.25) is 5.15 Å². The first-order valence-electron chi connectivity index (χ1n) is 5.63. The fourth-order valence-electron chi connectivity index (χ4n) is 2.28. The van der Waals surface area contributed by atoms with Gasteiger partial charge in [0.2, 0.25) is 0 Å². The van der Waals surface area contributed by atoms with E-state index in [1.807, 2.05) is 14.0 Å². The molecule has 90 valence electrons. The smallest absolute Gasteiger partial charge is 0.131 e. The highest BCUT2D eigenvalue weighted by Crippen LogP contribution is 2.24. The molecule has 5 heteroatoms. The van der Waals surface area contributed by atoms with Gasteiger partial charge in [-0.05, 0) is 25.8 Å². The first-order chi connectivity index (χ1) is 7.61. The number of hydrogen-bond donors (Lipinski definition) is 1. The third-order valence-electron chi connectivity index (χ3n) is 3.28. The zero-order valence-electron chi connectivity index (χ0n) is 9.78. The summed E-state index contributed by atoms with van der Waals surface area (Å²) in [6.45, 7) is 5.11. The minimum absolute atomic E-state index is 0.288. The molecule has 2 rings (SSSR count). The highest BCUT2D eigenvalue weighted by Gasteiger charge is 2.23. The molecule has 1 aliphatic rings. The van der Waals surface area contributed by atoms with Crippen LogP contribution in [-0.2, 0) is 13.6 Å². The van der Waals surface area contributed by atoms with Crippen LogP contribution in [0.3, 0.4) is 0 Å². The van der Waals surface area contributed by atoms with E-state index in [-0.39, 0.29) is 6.61 Å². The van der Waals surface area contributed by atoms with Crippen LogP contribution in [0.15, 0.2) is 0 Å². The topological polar surface area (TPSA) is 41.3 Å². The van der Waals surface area contributed by atoms with Crippen LogP contribution >= 0.6 is 11.6 Å². The van der Waals surface area contributed by atoms with Crippen molar-refractivity contribution in [1.29, 1.82) is 0 Å². The fourth-order valence-corrected chi connectivity index (χ4v) is 2.52. The van der Waals surface area contributed by atoms with E-state index in [0.717, 1.165) is 42.5 Å². The van der Waals surface area contributed by atoms with Crippen molar-refractivity contribution in [3.05, 3.63) is 16.4 Å². The number of rotatable bonds is 3. The Bertz CT molecular complexity index is 378. The van der Waals surface area contributed by atoms with Crippen molar-refractivity contribution < 1.29 is 5.11 Å². The molecule has 0 bridgehead atoms. The van der Waals surface area contributed by atoms with Gasteiger partial charge in [0.15, 0.2) is 0 Å². The van der Waals surface area contributed by atoms with E-state index in [2.05, 4.69) is 10.00 Å². The number of aryl methyl sites for hydroxylation is 2. The normalized spacial score (nSPS) is 21.9. The lowest BCUT2D eigenvalue weighted by atomic mass is 10.1. The number of halogens is 1. The van der Waals surface area contributed by atoms with Gasteiger partial charge in [-0.2, -0.15) is 5.10 Å². The molecule has 4 nitrogen and oxygen atoms in total. The fraction of sp³-hybridized carbons (Fsp3) is 0.727. The predicted octanol–water partition coefficient (Wildman–Crippen LogP) is 1.20. The summed E-state index contributed by atoms with van der Waals surface area (Å²) in [4.78, 5) is 2.33. The molecule has 2 heterocycles. The van der Waals surface area contributed by atoms with Crippen LogP contribution in [-0.4, -0.2) is 39.5 Å². The zero-order valence-corrected chi connectivity index (χ0v) is 10.5. The zero-order chi connectivity index (χ0) is 11.7. The molecule has 0 spiro atoms. The van der Waals surface area contributed by atoms with E-state index in [4.69, 9.17) is 16.7 Å². The number of aliphatic hydroxyl groups is 1. The van der Waals surface area contributed by atoms with E-state index in [0.29, 0.717) is 5.92 Å². The van der Waals surface area contributed by atoms with Gasteiger partial charge in [0.1, 0.15) is 5.15 Å². The Labute approximate surface area is 101 Å². The van der Waals surface area contributed by atoms with Crippen molar-refractivity contribution in [3.63, 3.8) is 0 Å². The van der Waals surface area contributed by atoms with Gasteiger partial charge in [-0.1, -0.05) is 11.6 Å². The lowest BCUT2D eigenvalue weighted by Gasteiger charge is -2.15. The summed E-state index contributed by atoms with van der Waals surface area (Å²) in [5, 5.41) is 14.1. The summed E-state index contributed by atoms with van der Waals surface area (Å²) in [5.74, 6) is 0.427. The first-order valence-corrected chi connectivity index (χ1v) is 6.00. The maximum Gasteiger partial charge on any atom is 0.131 e. The average molecular weight is 244 g/mol. The Hall–Kier alpha value is -0.580. The van der Waals surface area contributed by atoms with E-state index in [1.54, 1.807) is 4.68 Å². The third kappa shape index (κ3) is 2.24. The molecule has 1 aromatic rings. The minimum Gasteiger partial charge on any atom is -0.396 e. The van der Waals surface area contributed by atoms with E-state index >= 15 is 0 Å². The maximum absolute atomic E-state index is 9.09. The molecule has 1 atom stereocenters. The van der Waals surface area contributed by atoms with Crippen molar-refractivity contribution >= 4 is 11.6 Å². The summed E-state index contributed by atoms with van der Waals surface area (Å²) in [7, 11) is 1.86. The van der Waals surface area contributed by atoms with Crippen molar-refractivity contribution in [3.8, 4) is 0 Å². The second kappa shape index (κ2) is 4.73. The van der Waals surface area contributed by atoms with Crippen molar-refractivity contribution in [2.45, 2.75) is 19.9 Å². The molecule has 0 saturated carbocycles. The second-order valence-corrected chi connectivity index (χ2v) is 4.91. The van der Waals surface area contributed by atoms with Gasteiger partial charge in [0, 0.05) is 32.3 Å². The van der Waals surface area contributed by atoms with Crippen molar-refractivity contribution in [2.75, 3.05) is 19.7 Å². The highest BCUT2D eigenvalue weighted by atomic mass is 35.5. The lowest BCUT2D eigenvalue weighted by Crippen LogP contribution is -2.21. The summed E-state index contributed by atoms with van der Waals surface area (Å²) >= 11 is 6.19. The quantitative estimate of drug-likeness (QED) is 0.867. The molecule has 1 aromatic heterocycles. The maximum atomic E-state index is 9.09. The summed E-state index contributed by atoms with van der Waals surface area (Å²) in [5.41, 5.74) is 2.11. The molecule has 1 unspecified atom stereocenters. The van der Waals surface area contributed by atoms with Gasteiger partial charge in [-0.25, -0.2) is 0 Å². The van der Waals surface area contributed by atoms with Gasteiger partial charge in [0.25, 0.3) is 0 Å². The van der Waals surface area contributed by atoms with Crippen LogP contribution in [0, 0.1) is 12.8 Å². The predicted molar refractivity (Wildman–Crippen MR) is 63.4 cm³/mol. The molecular weight excluding hydrogens is 226 g/mol. The Balaban J connectivity index is 2.04. The van der Waals surface area contributed by atoms with Crippen LogP contribution < -0.4 is 0 Å². The van der Waals surface area contributed by atoms with E-state index in [1.165, 1.54) is 0 Å². The highest BCUT2D eigenvalue weighted by molar-refractivity contribution is 6.30. The van der Waals surface area contributed by atoms with Crippen LogP contribution in [0.25, 0.3) is 0 Å². The van der Waals surface area contributed by atoms with Gasteiger partial charge >= 0.3 is 0 Å². The molecule has 0 aromatic carbocycles. The Morgan fingerprint density at radius 2 is 2.31 bits per heavy atom. The number of hydrogen-bond acceptors (Lipinski definition) is 3. The second-order valence-electron chi connectivity index (χ2n) is 4.55. The molecule has 16 heavy (non-hydrogen) atoms. The molecule has 0 radical (unpaired) electrons. The van der Waals surface area contributed by atoms with Crippen LogP contribution in [0.5, 0.6) is 0 Å². The van der Waals surface area contributed by atoms with Crippen LogP contribution in [0.1, 0.15) is 17.7 Å². The molecule has 1 aliphatic heterocycles. The number of aromatic nitrogens is 2. The molecule has 1 saturated heterocycles. The van der Waals surface area contributed by atoms with Gasteiger partial charge < -0.3 is 5.11 Å². The standard InChI is InChI=1S/C11H18ClN3O/c1-8-10(11(12)14(2)13-8)6-15-4-3-9(5-15)7-16/h9,16H,3-7H2,1-2H3. The Kier molecular flexibility index (Phi) is 3.52. The van der Waals surface area contributed by atoms with Crippen molar-refractivity contribution in [1.82, 2.24) is 14.7 Å². The molecule has 1 fully saturated rings. The molecular formula is C11H18ClN3O. The van der Waals surface area contributed by atoms with Gasteiger partial charge in [0.05, 0.1) is 5.69 Å². The van der Waals surface area contributed by atoms with Gasteiger partial charge in [-0.3, -0.25) is 9.58 Å². The number of aliphatic hydroxyl groups excluding tert-OH is 1. The lowest BCUT2D eigenvalue weighted by molar-refractivity contribution is 0.220. The van der Waals surface area contributed by atoms with E-state index < -0.39 is 0 Å². The Morgan fingerprint density at radius 1 is 1.56 bits per heavy atom. The van der Waals surface area contributed by atoms with E-state index in [9.17, 15) is 0 Å². The SMILES string of the molecule is Cc1nn(C)c(Cl)c1CN1CCC(CO)C1. The summed E-state index contributed by atoms with van der Waals surface area (Å²) < 4.78 is 1.71. The van der Waals surface area contributed by atoms with Crippen molar-refractivity contribution in [2.24, 2.45) is 13.0 Å². The Morgan fingerprint density at radius 3 is 2.81 bits per heavy atom. The first kappa shape index (κ1) is 11.9. The van der Waals surface area contributed by atoms with Gasteiger partial charge in [-0.15, -0.1) is 0 Å². The minimum atomic E-state index is 0.288. The molecule has 0 amide bonds. The average Bonchev–Trinajstić information content (AvgIpc) is 2.80. The summed E-state index contributed by atoms with van der Waals surface area (Å²) in [6.07, 6.45) is 1.08. The monoisotopic (exact) mass is 243 g/mol. The number of nitrogens with zero attached hydrogens (tertiary/aromatic N) is 3. The largest absolute Gasteiger partial charge is 0.396 e. The summed E-state index contributed by atoms with van der Waals surface area (Å²) in [6, 6.07) is 0. The molecule has 0 aliphatic carbocycles. The third-order valence-corrected chi connectivity index (χ3v) is 3.75. The number of likely N-dealkylation sites (tertiary alicyclic amines) is 1.